The van der Waals surface area contributed by atoms with Crippen molar-refractivity contribution in [3.63, 3.8) is 0 Å². The molecule has 0 bridgehead atoms. The summed E-state index contributed by atoms with van der Waals surface area (Å²) in [6, 6.07) is 5.51. The van der Waals surface area contributed by atoms with Crippen molar-refractivity contribution in [2.75, 3.05) is 13.7 Å². The number of methoxy groups -OCH3 is 1. The zero-order valence-electron chi connectivity index (χ0n) is 16.1. The van der Waals surface area contributed by atoms with E-state index in [4.69, 9.17) is 9.47 Å². The van der Waals surface area contributed by atoms with Crippen LogP contribution in [0.1, 0.15) is 33.3 Å². The number of thiazole rings is 1. The van der Waals surface area contributed by atoms with Gasteiger partial charge in [-0.2, -0.15) is 0 Å². The van der Waals surface area contributed by atoms with E-state index in [9.17, 15) is 9.59 Å². The molecule has 0 unspecified atom stereocenters. The topological polar surface area (TPSA) is 57.5 Å². The summed E-state index contributed by atoms with van der Waals surface area (Å²) in [5.74, 6) is 1.27. The standard InChI is InChI=1S/C20H25NO4S/c1-7-25-15-10-13(8-9-14(15)24-6)11-16-19(23)21(5)18(26-16)12-17(22)20(2,3)4/h8-12H,7H2,1-6H3. The molecular formula is C20H25NO4S. The first-order valence-electron chi connectivity index (χ1n) is 8.42. The van der Waals surface area contributed by atoms with Gasteiger partial charge in [0.05, 0.1) is 18.2 Å². The molecule has 0 atom stereocenters. The summed E-state index contributed by atoms with van der Waals surface area (Å²) in [7, 11) is 3.27. The van der Waals surface area contributed by atoms with Gasteiger partial charge in [0.25, 0.3) is 5.56 Å². The normalized spacial score (nSPS) is 13.2. The molecule has 5 nitrogen and oxygen atoms in total. The van der Waals surface area contributed by atoms with E-state index in [1.165, 1.54) is 15.9 Å². The van der Waals surface area contributed by atoms with Gasteiger partial charge in [0.15, 0.2) is 17.3 Å². The van der Waals surface area contributed by atoms with E-state index in [0.29, 0.717) is 27.3 Å². The smallest absolute Gasteiger partial charge is 0.268 e. The van der Waals surface area contributed by atoms with Crippen molar-refractivity contribution in [2.24, 2.45) is 12.5 Å². The van der Waals surface area contributed by atoms with Gasteiger partial charge in [-0.1, -0.05) is 26.8 Å². The van der Waals surface area contributed by atoms with Crippen LogP contribution in [0.3, 0.4) is 0 Å². The van der Waals surface area contributed by atoms with Crippen molar-refractivity contribution in [2.45, 2.75) is 27.7 Å². The number of rotatable bonds is 5. The molecule has 1 heterocycles. The van der Waals surface area contributed by atoms with Gasteiger partial charge in [0.1, 0.15) is 4.66 Å². The van der Waals surface area contributed by atoms with E-state index in [2.05, 4.69) is 0 Å². The van der Waals surface area contributed by atoms with Crippen LogP contribution in [0.15, 0.2) is 23.0 Å². The number of carbonyl (C=O) groups is 1. The minimum Gasteiger partial charge on any atom is -0.493 e. The van der Waals surface area contributed by atoms with Crippen LogP contribution in [0.25, 0.3) is 12.2 Å². The zero-order valence-corrected chi connectivity index (χ0v) is 16.9. The third-order valence-corrected chi connectivity index (χ3v) is 4.95. The van der Waals surface area contributed by atoms with Crippen LogP contribution in [-0.4, -0.2) is 24.1 Å². The summed E-state index contributed by atoms with van der Waals surface area (Å²) in [5, 5.41) is 0. The molecule has 0 amide bonds. The van der Waals surface area contributed by atoms with Crippen molar-refractivity contribution in [1.29, 1.82) is 0 Å². The maximum atomic E-state index is 12.5. The SMILES string of the molecule is CCOc1cc(C=c2sc(=CC(=O)C(C)(C)C)n(C)c2=O)ccc1OC. The maximum absolute atomic E-state index is 12.5. The molecule has 2 aromatic rings. The van der Waals surface area contributed by atoms with Crippen LogP contribution in [0.2, 0.25) is 0 Å². The van der Waals surface area contributed by atoms with E-state index in [1.807, 2.05) is 45.9 Å². The Kier molecular flexibility index (Phi) is 6.08. The quantitative estimate of drug-likeness (QED) is 0.803. The Hall–Kier alpha value is -2.34. The Balaban J connectivity index is 2.55. The third-order valence-electron chi connectivity index (χ3n) is 3.84. The number of Topliss-reactive ketones (excluding diaryl/α,β-unsaturated/α-hetero) is 1. The van der Waals surface area contributed by atoms with Gasteiger partial charge in [-0.3, -0.25) is 9.59 Å². The van der Waals surface area contributed by atoms with Crippen molar-refractivity contribution >= 4 is 29.3 Å². The predicted octanol–water partition coefficient (Wildman–Crippen LogP) is 2.08. The van der Waals surface area contributed by atoms with Crippen molar-refractivity contribution in [1.82, 2.24) is 4.57 Å². The highest BCUT2D eigenvalue weighted by molar-refractivity contribution is 7.07. The Morgan fingerprint density at radius 2 is 1.96 bits per heavy atom. The van der Waals surface area contributed by atoms with E-state index in [0.717, 1.165) is 5.56 Å². The number of ketones is 1. The molecule has 0 spiro atoms. The second kappa shape index (κ2) is 7.91. The maximum Gasteiger partial charge on any atom is 0.268 e. The lowest BCUT2D eigenvalue weighted by molar-refractivity contribution is -0.120. The van der Waals surface area contributed by atoms with Gasteiger partial charge in [0, 0.05) is 18.5 Å². The fraction of sp³-hybridized carbons (Fsp3) is 0.400. The molecule has 26 heavy (non-hydrogen) atoms. The Morgan fingerprint density at radius 1 is 1.27 bits per heavy atom. The molecule has 0 saturated heterocycles. The van der Waals surface area contributed by atoms with E-state index in [1.54, 1.807) is 26.3 Å². The molecule has 1 aromatic carbocycles. The largest absolute Gasteiger partial charge is 0.493 e. The second-order valence-corrected chi connectivity index (χ2v) is 7.98. The van der Waals surface area contributed by atoms with Crippen LogP contribution in [0.5, 0.6) is 11.5 Å². The Morgan fingerprint density at radius 3 is 2.54 bits per heavy atom. The van der Waals surface area contributed by atoms with Gasteiger partial charge < -0.3 is 14.0 Å². The first kappa shape index (κ1) is 20.0. The highest BCUT2D eigenvalue weighted by Gasteiger charge is 2.19. The molecule has 1 aromatic heterocycles. The molecular weight excluding hydrogens is 350 g/mol. The minimum absolute atomic E-state index is 0.0102. The van der Waals surface area contributed by atoms with Gasteiger partial charge in [-0.15, -0.1) is 11.3 Å². The molecule has 0 aliphatic rings. The monoisotopic (exact) mass is 375 g/mol. The van der Waals surface area contributed by atoms with E-state index >= 15 is 0 Å². The number of hydrogen-bond acceptors (Lipinski definition) is 5. The van der Waals surface area contributed by atoms with Crippen LogP contribution >= 0.6 is 11.3 Å². The first-order valence-corrected chi connectivity index (χ1v) is 9.23. The number of hydrogen-bond donors (Lipinski definition) is 0. The number of ether oxygens (including phenoxy) is 2. The van der Waals surface area contributed by atoms with E-state index < -0.39 is 5.41 Å². The average Bonchev–Trinajstić information content (AvgIpc) is 2.83. The molecule has 0 radical (unpaired) electrons. The second-order valence-electron chi connectivity index (χ2n) is 6.91. The lowest BCUT2D eigenvalue weighted by Gasteiger charge is -2.12. The molecule has 0 aliphatic heterocycles. The highest BCUT2D eigenvalue weighted by Crippen LogP contribution is 2.28. The van der Waals surface area contributed by atoms with Gasteiger partial charge in [-0.25, -0.2) is 0 Å². The van der Waals surface area contributed by atoms with Gasteiger partial charge in [0.2, 0.25) is 0 Å². The Labute approximate surface area is 157 Å². The lowest BCUT2D eigenvalue weighted by Crippen LogP contribution is -2.30. The summed E-state index contributed by atoms with van der Waals surface area (Å²) >= 11 is 1.30. The van der Waals surface area contributed by atoms with Gasteiger partial charge >= 0.3 is 0 Å². The van der Waals surface area contributed by atoms with Crippen molar-refractivity contribution < 1.29 is 14.3 Å². The van der Waals surface area contributed by atoms with Gasteiger partial charge in [-0.05, 0) is 30.7 Å². The van der Waals surface area contributed by atoms with Crippen molar-refractivity contribution in [3.05, 3.63) is 43.3 Å². The van der Waals surface area contributed by atoms with Crippen LogP contribution in [0.4, 0.5) is 0 Å². The number of carbonyl (C=O) groups excluding carboxylic acids is 1. The van der Waals surface area contributed by atoms with E-state index in [-0.39, 0.29) is 11.3 Å². The number of aromatic nitrogens is 1. The highest BCUT2D eigenvalue weighted by atomic mass is 32.1. The summed E-state index contributed by atoms with van der Waals surface area (Å²) < 4.78 is 13.6. The summed E-state index contributed by atoms with van der Waals surface area (Å²) in [6.07, 6.45) is 3.34. The molecule has 0 fully saturated rings. The molecule has 0 N–H and O–H groups in total. The third kappa shape index (κ3) is 4.43. The Bertz CT molecular complexity index is 977. The van der Waals surface area contributed by atoms with Crippen LogP contribution in [0, 0.1) is 5.41 Å². The molecule has 0 saturated carbocycles. The lowest BCUT2D eigenvalue weighted by atomic mass is 9.91. The molecule has 6 heteroatoms. The summed E-state index contributed by atoms with van der Waals surface area (Å²) in [5.41, 5.74) is 0.227. The fourth-order valence-corrected chi connectivity index (χ4v) is 3.27. The zero-order chi connectivity index (χ0) is 19.5. The van der Waals surface area contributed by atoms with Crippen LogP contribution in [-0.2, 0) is 11.8 Å². The average molecular weight is 375 g/mol. The summed E-state index contributed by atoms with van der Waals surface area (Å²) in [6.45, 7) is 8.00. The number of nitrogens with zero attached hydrogens (tertiary/aromatic N) is 1. The predicted molar refractivity (Wildman–Crippen MR) is 105 cm³/mol. The molecule has 2 rings (SSSR count). The molecule has 140 valence electrons. The minimum atomic E-state index is -0.480. The molecule has 0 aliphatic carbocycles. The van der Waals surface area contributed by atoms with Crippen LogP contribution < -0.4 is 24.2 Å². The number of benzene rings is 1. The first-order chi connectivity index (χ1) is 12.2. The fourth-order valence-electron chi connectivity index (χ4n) is 2.24. The van der Waals surface area contributed by atoms with Crippen molar-refractivity contribution in [3.8, 4) is 11.5 Å². The summed E-state index contributed by atoms with van der Waals surface area (Å²) in [4.78, 5) is 24.8.